The second-order valence-corrected chi connectivity index (χ2v) is 9.86. The maximum Gasteiger partial charge on any atom is 0.0841 e. The SMILES string of the molecule is [B]C([B])([B])N1C([B])([B])CN([C@@H]2C[C@@H](c3ccccc3)c3ccc(Cl)cc32)CC1(C)C. The van der Waals surface area contributed by atoms with E-state index in [0.29, 0.717) is 13.1 Å². The molecule has 2 aliphatic rings. The summed E-state index contributed by atoms with van der Waals surface area (Å²) in [5.41, 5.74) is 3.26. The summed E-state index contributed by atoms with van der Waals surface area (Å²) in [6.07, 6.45) is 0.921. The molecule has 10 radical (unpaired) electrons. The largest absolute Gasteiger partial charge is 0.326 e. The molecule has 0 unspecified atom stereocenters. The molecule has 142 valence electrons. The Labute approximate surface area is 192 Å². The molecule has 8 heteroatoms. The molecule has 0 aromatic heterocycles. The molecule has 2 aromatic carbocycles. The Morgan fingerprint density at radius 1 is 0.967 bits per heavy atom. The van der Waals surface area contributed by atoms with E-state index < -0.39 is 16.1 Å². The summed E-state index contributed by atoms with van der Waals surface area (Å²) in [7, 11) is 31.2. The van der Waals surface area contributed by atoms with Crippen LogP contribution in [0.1, 0.15) is 48.9 Å². The minimum absolute atomic E-state index is 0.125. The summed E-state index contributed by atoms with van der Waals surface area (Å²) < 4.78 is 0. The fourth-order valence-electron chi connectivity index (χ4n) is 5.66. The van der Waals surface area contributed by atoms with Gasteiger partial charge in [-0.15, -0.1) is 0 Å². The summed E-state index contributed by atoms with van der Waals surface area (Å²) >= 11 is 6.39. The van der Waals surface area contributed by atoms with Crippen molar-refractivity contribution >= 4 is 50.8 Å². The lowest BCUT2D eigenvalue weighted by atomic mass is 9.43. The predicted octanol–water partition coefficient (Wildman–Crippen LogP) is 2.42. The van der Waals surface area contributed by atoms with Crippen LogP contribution in [0, 0.1) is 0 Å². The highest BCUT2D eigenvalue weighted by Crippen LogP contribution is 2.49. The van der Waals surface area contributed by atoms with Gasteiger partial charge in [0.15, 0.2) is 0 Å². The molecule has 0 bridgehead atoms. The Kier molecular flexibility index (Phi) is 5.57. The first-order chi connectivity index (χ1) is 13.9. The molecular formula is C22H22B5ClN2. The Morgan fingerprint density at radius 3 is 2.23 bits per heavy atom. The van der Waals surface area contributed by atoms with E-state index in [1.165, 1.54) is 16.7 Å². The Hall–Kier alpha value is -1.03. The van der Waals surface area contributed by atoms with Crippen LogP contribution in [0.25, 0.3) is 0 Å². The summed E-state index contributed by atoms with van der Waals surface area (Å²) in [5, 5.41) is -2.19. The zero-order valence-electron chi connectivity index (χ0n) is 17.6. The third kappa shape index (κ3) is 3.94. The van der Waals surface area contributed by atoms with Gasteiger partial charge in [0.1, 0.15) is 0 Å². The zero-order valence-corrected chi connectivity index (χ0v) is 18.3. The van der Waals surface area contributed by atoms with E-state index in [4.69, 9.17) is 50.8 Å². The Morgan fingerprint density at radius 2 is 1.63 bits per heavy atom. The normalized spacial score (nSPS) is 26.4. The molecule has 1 heterocycles. The lowest BCUT2D eigenvalue weighted by Crippen LogP contribution is -2.78. The highest BCUT2D eigenvalue weighted by Gasteiger charge is 2.50. The van der Waals surface area contributed by atoms with Crippen LogP contribution < -0.4 is 0 Å². The first-order valence-corrected chi connectivity index (χ1v) is 10.6. The molecule has 0 spiro atoms. The van der Waals surface area contributed by atoms with Crippen LogP contribution in [0.5, 0.6) is 0 Å². The molecular weight excluding hydrogens is 382 g/mol. The summed E-state index contributed by atoms with van der Waals surface area (Å²) in [4.78, 5) is 3.94. The van der Waals surface area contributed by atoms with E-state index in [1.54, 1.807) is 4.90 Å². The van der Waals surface area contributed by atoms with Crippen LogP contribution in [0.2, 0.25) is 5.02 Å². The molecule has 4 rings (SSSR count). The van der Waals surface area contributed by atoms with E-state index in [9.17, 15) is 0 Å². The van der Waals surface area contributed by atoms with Crippen LogP contribution in [0.3, 0.4) is 0 Å². The highest BCUT2D eigenvalue weighted by molar-refractivity contribution is 6.60. The van der Waals surface area contributed by atoms with E-state index in [-0.39, 0.29) is 12.0 Å². The van der Waals surface area contributed by atoms with E-state index in [1.807, 2.05) is 26.0 Å². The van der Waals surface area contributed by atoms with Crippen molar-refractivity contribution < 1.29 is 0 Å². The first-order valence-electron chi connectivity index (χ1n) is 10.2. The maximum absolute atomic E-state index is 6.53. The molecule has 30 heavy (non-hydrogen) atoms. The number of benzene rings is 2. The number of hydrogen-bond donors (Lipinski definition) is 0. The topological polar surface area (TPSA) is 6.48 Å². The lowest BCUT2D eigenvalue weighted by Gasteiger charge is -2.64. The molecule has 1 aliphatic heterocycles. The number of piperazine rings is 1. The van der Waals surface area contributed by atoms with Crippen LogP contribution in [-0.2, 0) is 0 Å². The van der Waals surface area contributed by atoms with Crippen molar-refractivity contribution in [1.82, 2.24) is 9.80 Å². The third-order valence-corrected chi connectivity index (χ3v) is 6.58. The molecule has 1 aliphatic carbocycles. The minimum atomic E-state index is -1.62. The van der Waals surface area contributed by atoms with Crippen molar-refractivity contribution in [3.05, 3.63) is 70.2 Å². The van der Waals surface area contributed by atoms with Crippen molar-refractivity contribution in [2.75, 3.05) is 13.1 Å². The van der Waals surface area contributed by atoms with Gasteiger partial charge in [-0.2, -0.15) is 0 Å². The van der Waals surface area contributed by atoms with Crippen LogP contribution in [0.4, 0.5) is 0 Å². The molecule has 0 N–H and O–H groups in total. The lowest BCUT2D eigenvalue weighted by molar-refractivity contribution is -0.0347. The van der Waals surface area contributed by atoms with Gasteiger partial charge in [0, 0.05) is 35.6 Å². The van der Waals surface area contributed by atoms with Gasteiger partial charge in [-0.1, -0.05) is 53.2 Å². The maximum atomic E-state index is 6.53. The minimum Gasteiger partial charge on any atom is -0.326 e. The summed E-state index contributed by atoms with van der Waals surface area (Å²) in [5.74, 6) is 0.284. The van der Waals surface area contributed by atoms with Crippen molar-refractivity contribution in [3.63, 3.8) is 0 Å². The van der Waals surface area contributed by atoms with Crippen LogP contribution in [0.15, 0.2) is 48.5 Å². The molecule has 1 saturated heterocycles. The number of rotatable bonds is 3. The summed E-state index contributed by atoms with van der Waals surface area (Å²) in [6.45, 7) is 5.06. The van der Waals surface area contributed by atoms with Gasteiger partial charge in [0.05, 0.1) is 39.2 Å². The van der Waals surface area contributed by atoms with Gasteiger partial charge in [-0.25, -0.2) is 0 Å². The van der Waals surface area contributed by atoms with Crippen molar-refractivity contribution in [1.29, 1.82) is 0 Å². The van der Waals surface area contributed by atoms with Crippen LogP contribution >= 0.6 is 11.6 Å². The number of halogens is 1. The van der Waals surface area contributed by atoms with Gasteiger partial charge < -0.3 is 4.90 Å². The fourth-order valence-corrected chi connectivity index (χ4v) is 5.84. The molecule has 2 aromatic rings. The molecule has 1 fully saturated rings. The van der Waals surface area contributed by atoms with Crippen molar-refractivity contribution in [3.8, 4) is 0 Å². The molecule has 2 nitrogen and oxygen atoms in total. The highest BCUT2D eigenvalue weighted by atomic mass is 35.5. The van der Waals surface area contributed by atoms with Gasteiger partial charge in [-0.05, 0) is 54.4 Å². The van der Waals surface area contributed by atoms with E-state index >= 15 is 0 Å². The second kappa shape index (κ2) is 7.54. The number of hydrogen-bond acceptors (Lipinski definition) is 2. The number of fused-ring (bicyclic) bond motifs is 1. The summed E-state index contributed by atoms with van der Waals surface area (Å²) in [6, 6.07) is 16.8. The quantitative estimate of drug-likeness (QED) is 0.726. The van der Waals surface area contributed by atoms with Gasteiger partial charge >= 0.3 is 0 Å². The fraction of sp³-hybridized carbons (Fsp3) is 0.455. The monoisotopic (exact) mass is 404 g/mol. The van der Waals surface area contributed by atoms with E-state index in [0.717, 1.165) is 11.4 Å². The molecule has 0 amide bonds. The predicted molar refractivity (Wildman–Crippen MR) is 129 cm³/mol. The van der Waals surface area contributed by atoms with Crippen molar-refractivity contribution in [2.24, 2.45) is 0 Å². The first kappa shape index (κ1) is 22.2. The van der Waals surface area contributed by atoms with E-state index in [2.05, 4.69) is 41.3 Å². The molecule has 2 atom stereocenters. The zero-order chi connectivity index (χ0) is 21.9. The average molecular weight is 404 g/mol. The van der Waals surface area contributed by atoms with Gasteiger partial charge in [0.25, 0.3) is 0 Å². The molecule has 0 saturated carbocycles. The Bertz CT molecular complexity index is 911. The smallest absolute Gasteiger partial charge is 0.0841 e. The average Bonchev–Trinajstić information content (AvgIpc) is 2.97. The third-order valence-electron chi connectivity index (χ3n) is 6.34. The standard InChI is InChI=1S/C22H22B5ClN2/c1-20(2)12-29(13-21(23,24)30(20)22(25,26)27)19-11-17(14-6-4-3-5-7-14)16-9-8-15(28)10-18(16)19/h3-10,17,19H,11-13H2,1-2H3/t17-,19+/m0/s1. The van der Waals surface area contributed by atoms with Gasteiger partial charge in [-0.3, -0.25) is 4.90 Å². The Balaban J connectivity index is 1.72. The second-order valence-electron chi connectivity index (χ2n) is 9.42. The van der Waals surface area contributed by atoms with Gasteiger partial charge in [0.2, 0.25) is 0 Å². The van der Waals surface area contributed by atoms with Crippen molar-refractivity contribution in [2.45, 2.75) is 48.3 Å². The number of nitrogens with zero attached hydrogens (tertiary/aromatic N) is 2. The van der Waals surface area contributed by atoms with Crippen LogP contribution in [-0.4, -0.2) is 78.2 Å².